The van der Waals surface area contributed by atoms with Gasteiger partial charge < -0.3 is 5.11 Å². The number of hydrogen-bond donors (Lipinski definition) is 1. The van der Waals surface area contributed by atoms with Crippen LogP contribution in [0.25, 0.3) is 0 Å². The zero-order chi connectivity index (χ0) is 16.3. The summed E-state index contributed by atoms with van der Waals surface area (Å²) in [6.07, 6.45) is 26.4. The highest BCUT2D eigenvalue weighted by atomic mass is 16.4. The Labute approximate surface area is 137 Å². The summed E-state index contributed by atoms with van der Waals surface area (Å²) in [5, 5.41) is 8.48. The van der Waals surface area contributed by atoms with E-state index in [1.165, 1.54) is 57.8 Å². The maximum Gasteiger partial charge on any atom is 0.303 e. The number of aliphatic carboxylic acids is 1. The summed E-state index contributed by atoms with van der Waals surface area (Å²) >= 11 is 0. The summed E-state index contributed by atoms with van der Waals surface area (Å²) in [7, 11) is 0. The van der Waals surface area contributed by atoms with Crippen LogP contribution in [0.15, 0.2) is 36.5 Å². The second-order valence-corrected chi connectivity index (χ2v) is 5.79. The van der Waals surface area contributed by atoms with Gasteiger partial charge in [-0.1, -0.05) is 94.7 Å². The Hall–Kier alpha value is -1.31. The number of carbonyl (C=O) groups is 1. The Balaban J connectivity index is 3.28. The van der Waals surface area contributed by atoms with Gasteiger partial charge in [0, 0.05) is 6.42 Å². The van der Waals surface area contributed by atoms with Crippen molar-refractivity contribution in [2.24, 2.45) is 0 Å². The number of allylic oxidation sites excluding steroid dienone is 6. The molecule has 0 spiro atoms. The highest BCUT2D eigenvalue weighted by Crippen LogP contribution is 2.10. The Bertz CT molecular complexity index is 327. The summed E-state index contributed by atoms with van der Waals surface area (Å²) in [5.74, 6) is -0.741. The van der Waals surface area contributed by atoms with E-state index < -0.39 is 5.97 Å². The number of unbranched alkanes of at least 4 members (excludes halogenated alkanes) is 9. The molecule has 2 heteroatoms. The Morgan fingerprint density at radius 1 is 0.727 bits per heavy atom. The second-order valence-electron chi connectivity index (χ2n) is 5.79. The van der Waals surface area contributed by atoms with Gasteiger partial charge >= 0.3 is 5.97 Å². The zero-order valence-electron chi connectivity index (χ0n) is 14.3. The second kappa shape index (κ2) is 17.7. The van der Waals surface area contributed by atoms with E-state index in [9.17, 15) is 4.79 Å². The zero-order valence-corrected chi connectivity index (χ0v) is 14.3. The SMILES string of the molecule is CCCCCCCCCCC/C=C/C=C/C=C/CCC(=O)O. The maximum absolute atomic E-state index is 10.3. The van der Waals surface area contributed by atoms with Crippen molar-refractivity contribution >= 4 is 5.97 Å². The van der Waals surface area contributed by atoms with Crippen LogP contribution in [-0.2, 0) is 4.79 Å². The molecule has 0 saturated carbocycles. The maximum atomic E-state index is 10.3. The lowest BCUT2D eigenvalue weighted by Crippen LogP contribution is -1.91. The van der Waals surface area contributed by atoms with E-state index in [1.807, 2.05) is 24.3 Å². The van der Waals surface area contributed by atoms with E-state index in [2.05, 4.69) is 19.1 Å². The van der Waals surface area contributed by atoms with Crippen molar-refractivity contribution in [1.29, 1.82) is 0 Å². The predicted molar refractivity (Wildman–Crippen MR) is 96.1 cm³/mol. The summed E-state index contributed by atoms with van der Waals surface area (Å²) in [6.45, 7) is 2.26. The largest absolute Gasteiger partial charge is 0.481 e. The molecule has 0 unspecified atom stereocenters. The summed E-state index contributed by atoms with van der Waals surface area (Å²) in [5.41, 5.74) is 0. The first-order chi connectivity index (χ1) is 10.8. The normalized spacial score (nSPS) is 12.0. The molecule has 0 aliphatic heterocycles. The van der Waals surface area contributed by atoms with Gasteiger partial charge in [-0.2, -0.15) is 0 Å². The van der Waals surface area contributed by atoms with Crippen LogP contribution in [0.4, 0.5) is 0 Å². The molecule has 0 aliphatic rings. The standard InChI is InChI=1S/C20H34O2/c1-2-3-4-5-6-7-8-9-10-11-12-13-14-15-16-17-18-19-20(21)22/h12-17H,2-11,18-19H2,1H3,(H,21,22)/b13-12+,15-14+,17-16+. The van der Waals surface area contributed by atoms with Crippen molar-refractivity contribution < 1.29 is 9.90 Å². The van der Waals surface area contributed by atoms with Crippen molar-refractivity contribution in [3.05, 3.63) is 36.5 Å². The average molecular weight is 306 g/mol. The van der Waals surface area contributed by atoms with E-state index in [4.69, 9.17) is 5.11 Å². The van der Waals surface area contributed by atoms with Gasteiger partial charge in [-0.3, -0.25) is 4.79 Å². The summed E-state index contributed by atoms with van der Waals surface area (Å²) in [6, 6.07) is 0. The molecule has 0 aromatic carbocycles. The minimum Gasteiger partial charge on any atom is -0.481 e. The Morgan fingerprint density at radius 3 is 1.77 bits per heavy atom. The van der Waals surface area contributed by atoms with E-state index in [0.717, 1.165) is 6.42 Å². The van der Waals surface area contributed by atoms with Crippen molar-refractivity contribution in [2.45, 2.75) is 84.0 Å². The summed E-state index contributed by atoms with van der Waals surface area (Å²) in [4.78, 5) is 10.3. The first kappa shape index (κ1) is 20.7. The van der Waals surface area contributed by atoms with Gasteiger partial charge in [-0.15, -0.1) is 0 Å². The molecular formula is C20H34O2. The number of rotatable bonds is 15. The lowest BCUT2D eigenvalue weighted by molar-refractivity contribution is -0.136. The first-order valence-corrected chi connectivity index (χ1v) is 8.97. The average Bonchev–Trinajstić information content (AvgIpc) is 2.50. The van der Waals surface area contributed by atoms with Crippen molar-refractivity contribution in [3.8, 4) is 0 Å². The number of hydrogen-bond acceptors (Lipinski definition) is 1. The van der Waals surface area contributed by atoms with E-state index in [0.29, 0.717) is 6.42 Å². The fourth-order valence-electron chi connectivity index (χ4n) is 2.26. The predicted octanol–water partition coefficient (Wildman–Crippen LogP) is 6.44. The molecular weight excluding hydrogens is 272 g/mol. The number of carboxylic acids is 1. The van der Waals surface area contributed by atoms with Gasteiger partial charge in [0.2, 0.25) is 0 Å². The van der Waals surface area contributed by atoms with Crippen LogP contribution in [0.5, 0.6) is 0 Å². The molecule has 0 aromatic heterocycles. The molecule has 0 bridgehead atoms. The van der Waals surface area contributed by atoms with Crippen LogP contribution in [0.1, 0.15) is 84.0 Å². The van der Waals surface area contributed by atoms with E-state index in [1.54, 1.807) is 0 Å². The van der Waals surface area contributed by atoms with Gasteiger partial charge in [0.1, 0.15) is 0 Å². The van der Waals surface area contributed by atoms with E-state index >= 15 is 0 Å². The van der Waals surface area contributed by atoms with Crippen molar-refractivity contribution in [1.82, 2.24) is 0 Å². The highest BCUT2D eigenvalue weighted by molar-refractivity contribution is 5.66. The fourth-order valence-corrected chi connectivity index (χ4v) is 2.26. The molecule has 0 radical (unpaired) electrons. The van der Waals surface area contributed by atoms with Gasteiger partial charge in [-0.25, -0.2) is 0 Å². The van der Waals surface area contributed by atoms with Gasteiger partial charge in [0.15, 0.2) is 0 Å². The molecule has 2 nitrogen and oxygen atoms in total. The van der Waals surface area contributed by atoms with Crippen molar-refractivity contribution in [2.75, 3.05) is 0 Å². The van der Waals surface area contributed by atoms with E-state index in [-0.39, 0.29) is 6.42 Å². The smallest absolute Gasteiger partial charge is 0.303 e. The van der Waals surface area contributed by atoms with Gasteiger partial charge in [0.05, 0.1) is 0 Å². The Kier molecular flexibility index (Phi) is 16.7. The summed E-state index contributed by atoms with van der Waals surface area (Å²) < 4.78 is 0. The minimum absolute atomic E-state index is 0.207. The number of carboxylic acid groups (broad SMARTS) is 1. The highest BCUT2D eigenvalue weighted by Gasteiger charge is 1.91. The van der Waals surface area contributed by atoms with Gasteiger partial charge in [-0.05, 0) is 19.3 Å². The quantitative estimate of drug-likeness (QED) is 0.279. The third-order valence-electron chi connectivity index (χ3n) is 3.60. The molecule has 126 valence electrons. The van der Waals surface area contributed by atoms with Crippen LogP contribution in [0.3, 0.4) is 0 Å². The lowest BCUT2D eigenvalue weighted by Gasteiger charge is -2.00. The molecule has 0 aromatic rings. The molecule has 0 fully saturated rings. The Morgan fingerprint density at radius 2 is 1.23 bits per heavy atom. The van der Waals surface area contributed by atoms with Crippen LogP contribution in [0.2, 0.25) is 0 Å². The van der Waals surface area contributed by atoms with Crippen LogP contribution >= 0.6 is 0 Å². The molecule has 0 atom stereocenters. The molecule has 1 N–H and O–H groups in total. The molecule has 22 heavy (non-hydrogen) atoms. The lowest BCUT2D eigenvalue weighted by atomic mass is 10.1. The molecule has 0 rings (SSSR count). The van der Waals surface area contributed by atoms with Crippen LogP contribution in [-0.4, -0.2) is 11.1 Å². The van der Waals surface area contributed by atoms with Crippen molar-refractivity contribution in [3.63, 3.8) is 0 Å². The minimum atomic E-state index is -0.741. The molecule has 0 amide bonds. The van der Waals surface area contributed by atoms with Gasteiger partial charge in [0.25, 0.3) is 0 Å². The third kappa shape index (κ3) is 18.7. The van der Waals surface area contributed by atoms with Crippen LogP contribution in [0, 0.1) is 0 Å². The molecule has 0 aliphatic carbocycles. The fraction of sp³-hybridized carbons (Fsp3) is 0.650. The topological polar surface area (TPSA) is 37.3 Å². The monoisotopic (exact) mass is 306 g/mol. The molecule has 0 saturated heterocycles. The first-order valence-electron chi connectivity index (χ1n) is 8.97. The third-order valence-corrected chi connectivity index (χ3v) is 3.60. The van der Waals surface area contributed by atoms with Crippen LogP contribution < -0.4 is 0 Å². The molecule has 0 heterocycles.